The molecule has 104 valence electrons. The van der Waals surface area contributed by atoms with Gasteiger partial charge in [-0.3, -0.25) is 0 Å². The first-order valence-electron chi connectivity index (χ1n) is 6.26. The molecule has 0 fully saturated rings. The van der Waals surface area contributed by atoms with Crippen LogP contribution in [0.2, 0.25) is 0 Å². The van der Waals surface area contributed by atoms with E-state index in [1.54, 1.807) is 11.3 Å². The van der Waals surface area contributed by atoms with Gasteiger partial charge in [0.25, 0.3) is 0 Å². The Morgan fingerprint density at radius 2 is 2.06 bits per heavy atom. The number of hydrogen-bond donors (Lipinski definition) is 3. The highest BCUT2D eigenvalue weighted by Gasteiger charge is 2.09. The van der Waals surface area contributed by atoms with Crippen LogP contribution >= 0.6 is 11.3 Å². The van der Waals surface area contributed by atoms with E-state index in [0.29, 0.717) is 32.2 Å². The Morgan fingerprint density at radius 1 is 1.28 bits per heavy atom. The Balaban J connectivity index is 2.06. The SMILES string of the molecule is CC(C)COCC(O)CNCC(O)c1ccsc1. The average molecular weight is 273 g/mol. The molecule has 0 aliphatic carbocycles. The maximum absolute atomic E-state index is 9.80. The molecule has 0 aromatic carbocycles. The Labute approximate surface area is 113 Å². The van der Waals surface area contributed by atoms with Crippen LogP contribution in [0.15, 0.2) is 16.8 Å². The Bertz CT molecular complexity index is 303. The lowest BCUT2D eigenvalue weighted by Crippen LogP contribution is -2.33. The van der Waals surface area contributed by atoms with Crippen molar-refractivity contribution in [3.63, 3.8) is 0 Å². The van der Waals surface area contributed by atoms with Crippen molar-refractivity contribution >= 4 is 11.3 Å². The summed E-state index contributed by atoms with van der Waals surface area (Å²) in [5.74, 6) is 0.477. The van der Waals surface area contributed by atoms with Gasteiger partial charge in [-0.25, -0.2) is 0 Å². The van der Waals surface area contributed by atoms with E-state index in [1.807, 2.05) is 16.8 Å². The largest absolute Gasteiger partial charge is 0.389 e. The lowest BCUT2D eigenvalue weighted by atomic mass is 10.2. The number of aliphatic hydroxyl groups excluding tert-OH is 2. The fraction of sp³-hybridized carbons (Fsp3) is 0.692. The predicted octanol–water partition coefficient (Wildman–Crippen LogP) is 1.40. The van der Waals surface area contributed by atoms with Crippen molar-refractivity contribution in [3.8, 4) is 0 Å². The van der Waals surface area contributed by atoms with E-state index in [-0.39, 0.29) is 0 Å². The monoisotopic (exact) mass is 273 g/mol. The van der Waals surface area contributed by atoms with Crippen molar-refractivity contribution in [2.75, 3.05) is 26.3 Å². The summed E-state index contributed by atoms with van der Waals surface area (Å²) in [6.07, 6.45) is -1.04. The maximum atomic E-state index is 9.80. The molecule has 2 atom stereocenters. The van der Waals surface area contributed by atoms with Gasteiger partial charge in [0.1, 0.15) is 0 Å². The van der Waals surface area contributed by atoms with Crippen LogP contribution in [-0.4, -0.2) is 42.6 Å². The molecule has 0 bridgehead atoms. The molecule has 0 saturated carbocycles. The summed E-state index contributed by atoms with van der Waals surface area (Å²) < 4.78 is 5.34. The summed E-state index contributed by atoms with van der Waals surface area (Å²) in [6, 6.07) is 1.90. The maximum Gasteiger partial charge on any atom is 0.0922 e. The normalized spacial score (nSPS) is 14.9. The number of aliphatic hydroxyl groups is 2. The van der Waals surface area contributed by atoms with Gasteiger partial charge in [0.05, 0.1) is 18.8 Å². The van der Waals surface area contributed by atoms with E-state index in [2.05, 4.69) is 19.2 Å². The second-order valence-corrected chi connectivity index (χ2v) is 5.60. The fourth-order valence-electron chi connectivity index (χ4n) is 1.47. The van der Waals surface area contributed by atoms with Gasteiger partial charge >= 0.3 is 0 Å². The number of rotatable bonds is 9. The second-order valence-electron chi connectivity index (χ2n) is 4.82. The third-order valence-corrected chi connectivity index (χ3v) is 3.11. The van der Waals surface area contributed by atoms with E-state index < -0.39 is 12.2 Å². The van der Waals surface area contributed by atoms with Crippen LogP contribution < -0.4 is 5.32 Å². The van der Waals surface area contributed by atoms with Crippen molar-refractivity contribution < 1.29 is 14.9 Å². The highest BCUT2D eigenvalue weighted by Crippen LogP contribution is 2.14. The molecule has 1 aromatic rings. The molecule has 2 unspecified atom stereocenters. The standard InChI is InChI=1S/C13H23NO3S/c1-10(2)7-17-8-12(15)5-14-6-13(16)11-3-4-18-9-11/h3-4,9-10,12-16H,5-8H2,1-2H3. The minimum atomic E-state index is -0.529. The Morgan fingerprint density at radius 3 is 2.67 bits per heavy atom. The van der Waals surface area contributed by atoms with Gasteiger partial charge in [0, 0.05) is 19.7 Å². The second kappa shape index (κ2) is 8.61. The molecular weight excluding hydrogens is 250 g/mol. The average Bonchev–Trinajstić information content (AvgIpc) is 2.81. The van der Waals surface area contributed by atoms with E-state index in [4.69, 9.17) is 4.74 Å². The van der Waals surface area contributed by atoms with Gasteiger partial charge < -0.3 is 20.3 Å². The zero-order valence-electron chi connectivity index (χ0n) is 11.0. The molecule has 1 heterocycles. The van der Waals surface area contributed by atoms with Crippen LogP contribution in [0.4, 0.5) is 0 Å². The topological polar surface area (TPSA) is 61.7 Å². The lowest BCUT2D eigenvalue weighted by molar-refractivity contribution is 0.0247. The van der Waals surface area contributed by atoms with E-state index in [1.165, 1.54) is 0 Å². The predicted molar refractivity (Wildman–Crippen MR) is 73.8 cm³/mol. The summed E-state index contributed by atoms with van der Waals surface area (Å²) in [4.78, 5) is 0. The first-order chi connectivity index (χ1) is 8.59. The molecule has 0 aliphatic rings. The van der Waals surface area contributed by atoms with Crippen molar-refractivity contribution in [2.24, 2.45) is 5.92 Å². The molecule has 4 nitrogen and oxygen atoms in total. The van der Waals surface area contributed by atoms with Crippen LogP contribution in [-0.2, 0) is 4.74 Å². The Hall–Kier alpha value is -0.460. The van der Waals surface area contributed by atoms with Gasteiger partial charge in [0.15, 0.2) is 0 Å². The van der Waals surface area contributed by atoms with E-state index in [0.717, 1.165) is 5.56 Å². The van der Waals surface area contributed by atoms with Gasteiger partial charge in [-0.2, -0.15) is 11.3 Å². The number of ether oxygens (including phenoxy) is 1. The molecule has 0 amide bonds. The number of hydrogen-bond acceptors (Lipinski definition) is 5. The van der Waals surface area contributed by atoms with Crippen molar-refractivity contribution in [1.29, 1.82) is 0 Å². The molecule has 1 aromatic heterocycles. The molecule has 3 N–H and O–H groups in total. The summed E-state index contributed by atoms with van der Waals surface area (Å²) in [5, 5.41) is 26.3. The number of thiophene rings is 1. The summed E-state index contributed by atoms with van der Waals surface area (Å²) >= 11 is 1.56. The highest BCUT2D eigenvalue weighted by molar-refractivity contribution is 7.07. The van der Waals surface area contributed by atoms with Crippen LogP contribution in [0.1, 0.15) is 25.5 Å². The molecular formula is C13H23NO3S. The number of nitrogens with one attached hydrogen (secondary N) is 1. The Kier molecular flexibility index (Phi) is 7.46. The van der Waals surface area contributed by atoms with Gasteiger partial charge in [-0.15, -0.1) is 0 Å². The molecule has 0 saturated heterocycles. The molecule has 18 heavy (non-hydrogen) atoms. The van der Waals surface area contributed by atoms with Crippen LogP contribution in [0.25, 0.3) is 0 Å². The summed E-state index contributed by atoms with van der Waals surface area (Å²) in [6.45, 7) is 6.01. The molecule has 0 spiro atoms. The smallest absolute Gasteiger partial charge is 0.0922 e. The van der Waals surface area contributed by atoms with Crippen LogP contribution in [0, 0.1) is 5.92 Å². The van der Waals surface area contributed by atoms with Gasteiger partial charge in [-0.05, 0) is 28.3 Å². The zero-order chi connectivity index (χ0) is 13.4. The minimum Gasteiger partial charge on any atom is -0.389 e. The summed E-state index contributed by atoms with van der Waals surface area (Å²) in [5.41, 5.74) is 0.915. The van der Waals surface area contributed by atoms with E-state index in [9.17, 15) is 10.2 Å². The fourth-order valence-corrected chi connectivity index (χ4v) is 2.17. The third-order valence-electron chi connectivity index (χ3n) is 2.41. The van der Waals surface area contributed by atoms with Crippen LogP contribution in [0.5, 0.6) is 0 Å². The molecule has 0 radical (unpaired) electrons. The molecule has 5 heteroatoms. The van der Waals surface area contributed by atoms with E-state index >= 15 is 0 Å². The van der Waals surface area contributed by atoms with Crippen LogP contribution in [0.3, 0.4) is 0 Å². The minimum absolute atomic E-state index is 0.333. The summed E-state index contributed by atoms with van der Waals surface area (Å²) in [7, 11) is 0. The van der Waals surface area contributed by atoms with Gasteiger partial charge in [0.2, 0.25) is 0 Å². The quantitative estimate of drug-likeness (QED) is 0.636. The van der Waals surface area contributed by atoms with Crippen molar-refractivity contribution in [2.45, 2.75) is 26.1 Å². The molecule has 1 rings (SSSR count). The lowest BCUT2D eigenvalue weighted by Gasteiger charge is -2.15. The molecule has 0 aliphatic heterocycles. The first-order valence-corrected chi connectivity index (χ1v) is 7.20. The van der Waals surface area contributed by atoms with Crippen molar-refractivity contribution in [3.05, 3.63) is 22.4 Å². The van der Waals surface area contributed by atoms with Crippen molar-refractivity contribution in [1.82, 2.24) is 5.32 Å². The third kappa shape index (κ3) is 6.47. The van der Waals surface area contributed by atoms with Gasteiger partial charge in [-0.1, -0.05) is 13.8 Å². The highest BCUT2D eigenvalue weighted by atomic mass is 32.1. The zero-order valence-corrected chi connectivity index (χ0v) is 11.8. The first kappa shape index (κ1) is 15.6.